The minimum absolute atomic E-state index is 0.0112. The molecule has 0 bridgehead atoms. The molecule has 3 nitrogen and oxygen atoms in total. The van der Waals surface area contributed by atoms with Crippen molar-refractivity contribution in [1.82, 2.24) is 4.90 Å². The molecule has 0 fully saturated rings. The van der Waals surface area contributed by atoms with Crippen molar-refractivity contribution in [2.24, 2.45) is 0 Å². The Labute approximate surface area is 791 Å². The van der Waals surface area contributed by atoms with Gasteiger partial charge < -0.3 is 0 Å². The first-order valence-electron chi connectivity index (χ1n) is 56.0. The van der Waals surface area contributed by atoms with E-state index < -0.39 is 0 Å². The number of nitrogens with zero attached hydrogens (tertiary/aromatic N) is 1. The SMILES string of the molecule is CCCCCCCCCCCCCCCCCCCCc1c(Br)sc(-c2sc(-c3sc(Br)c(CCCCCCCCCCCCCCCCCCCC)c3CCCCCCCCCCCCCCCCCCCC)c3c2C(=O)N(CCCCCCCCCCCCCCCCCCCC)C3=O)c1CCCCCCCCCCCCCCCCCCCC. The molecular formula is C114H205Br2NO2S3. The van der Waals surface area contributed by atoms with Crippen molar-refractivity contribution >= 4 is 77.7 Å². The van der Waals surface area contributed by atoms with E-state index in [9.17, 15) is 0 Å². The Kier molecular flexibility index (Phi) is 78.6. The monoisotopic (exact) mass is 1870 g/mol. The van der Waals surface area contributed by atoms with E-state index in [2.05, 4.69) is 66.5 Å². The summed E-state index contributed by atoms with van der Waals surface area (Å²) in [5, 5.41) is 0. The average molecular weight is 1880 g/mol. The largest absolute Gasteiger partial charge is 0.274 e. The lowest BCUT2D eigenvalue weighted by atomic mass is 9.95. The van der Waals surface area contributed by atoms with Gasteiger partial charge in [-0.1, -0.05) is 580 Å². The van der Waals surface area contributed by atoms with Crippen molar-refractivity contribution in [3.63, 3.8) is 0 Å². The van der Waals surface area contributed by atoms with Crippen LogP contribution in [-0.2, 0) is 25.7 Å². The second-order valence-corrected chi connectivity index (χ2v) is 45.3. The summed E-state index contributed by atoms with van der Waals surface area (Å²) in [6.45, 7) is 12.1. The van der Waals surface area contributed by atoms with Crippen LogP contribution in [0.15, 0.2) is 7.57 Å². The quantitative estimate of drug-likeness (QED) is 0.0417. The summed E-state index contributed by atoms with van der Waals surface area (Å²) in [6, 6.07) is 0. The van der Waals surface area contributed by atoms with E-state index in [0.717, 1.165) is 59.4 Å². The first kappa shape index (κ1) is 114. The maximum absolute atomic E-state index is 15.8. The predicted molar refractivity (Wildman–Crippen MR) is 560 cm³/mol. The van der Waals surface area contributed by atoms with E-state index in [-0.39, 0.29) is 11.8 Å². The fraction of sp³-hybridized carbons (Fsp3) is 0.877. The van der Waals surface area contributed by atoms with Crippen molar-refractivity contribution in [1.29, 1.82) is 0 Å². The number of carbonyl (C=O) groups excluding carboxylic acids is 2. The number of carbonyl (C=O) groups is 2. The molecule has 122 heavy (non-hydrogen) atoms. The molecule has 4 heterocycles. The normalized spacial score (nSPS) is 12.4. The van der Waals surface area contributed by atoms with E-state index >= 15 is 9.59 Å². The van der Waals surface area contributed by atoms with Gasteiger partial charge in [0, 0.05) is 16.3 Å². The molecule has 0 spiro atoms. The molecule has 4 rings (SSSR count). The summed E-state index contributed by atoms with van der Waals surface area (Å²) in [5.41, 5.74) is 7.49. The lowest BCUT2D eigenvalue weighted by molar-refractivity contribution is 0.0651. The molecule has 1 aliphatic rings. The van der Waals surface area contributed by atoms with Crippen LogP contribution in [0.25, 0.3) is 19.5 Å². The van der Waals surface area contributed by atoms with Crippen molar-refractivity contribution in [2.75, 3.05) is 6.54 Å². The molecule has 0 unspecified atom stereocenters. The second-order valence-electron chi connectivity index (χ2n) is 39.6. The molecule has 3 aromatic heterocycles. The minimum Gasteiger partial charge on any atom is -0.274 e. The predicted octanol–water partition coefficient (Wildman–Crippen LogP) is 43.7. The van der Waals surface area contributed by atoms with Crippen LogP contribution in [-0.4, -0.2) is 23.3 Å². The van der Waals surface area contributed by atoms with E-state index in [1.54, 1.807) is 4.90 Å². The van der Waals surface area contributed by atoms with Gasteiger partial charge in [0.15, 0.2) is 0 Å². The molecule has 0 saturated heterocycles. The molecule has 0 radical (unpaired) electrons. The Morgan fingerprint density at radius 3 is 0.475 bits per heavy atom. The number of amides is 2. The van der Waals surface area contributed by atoms with Crippen LogP contribution in [0.3, 0.4) is 0 Å². The van der Waals surface area contributed by atoms with Gasteiger partial charge in [0.2, 0.25) is 0 Å². The highest BCUT2D eigenvalue weighted by Gasteiger charge is 2.44. The Balaban J connectivity index is 1.54. The highest BCUT2D eigenvalue weighted by molar-refractivity contribution is 9.11. The van der Waals surface area contributed by atoms with Crippen molar-refractivity contribution in [3.8, 4) is 19.5 Å². The van der Waals surface area contributed by atoms with Crippen LogP contribution >= 0.6 is 65.9 Å². The van der Waals surface area contributed by atoms with Crippen molar-refractivity contribution in [3.05, 3.63) is 41.0 Å². The maximum Gasteiger partial charge on any atom is 0.263 e. The van der Waals surface area contributed by atoms with Crippen LogP contribution in [0, 0.1) is 0 Å². The number of halogens is 2. The molecule has 0 aromatic carbocycles. The Hall–Kier alpha value is -0.800. The maximum atomic E-state index is 15.8. The molecule has 0 atom stereocenters. The van der Waals surface area contributed by atoms with E-state index in [4.69, 9.17) is 0 Å². The Morgan fingerprint density at radius 2 is 0.311 bits per heavy atom. The molecule has 0 aliphatic carbocycles. The molecule has 710 valence electrons. The summed E-state index contributed by atoms with van der Waals surface area (Å²) < 4.78 is 2.54. The van der Waals surface area contributed by atoms with Gasteiger partial charge in [0.25, 0.3) is 11.8 Å². The van der Waals surface area contributed by atoms with Gasteiger partial charge in [-0.25, -0.2) is 0 Å². The van der Waals surface area contributed by atoms with Crippen molar-refractivity contribution in [2.45, 2.75) is 638 Å². The Bertz CT molecular complexity index is 2630. The van der Waals surface area contributed by atoms with E-state index in [1.807, 2.05) is 34.0 Å². The summed E-state index contributed by atoms with van der Waals surface area (Å²) in [4.78, 5) is 38.0. The highest BCUT2D eigenvalue weighted by atomic mass is 79.9. The topological polar surface area (TPSA) is 37.4 Å². The zero-order chi connectivity index (χ0) is 87.0. The summed E-state index contributed by atoms with van der Waals surface area (Å²) >= 11 is 14.3. The molecule has 1 aliphatic heterocycles. The van der Waals surface area contributed by atoms with Gasteiger partial charge in [-0.15, -0.1) is 34.0 Å². The van der Waals surface area contributed by atoms with Crippen LogP contribution in [0.5, 0.6) is 0 Å². The van der Waals surface area contributed by atoms with Gasteiger partial charge in [0.1, 0.15) is 0 Å². The molecule has 0 saturated carbocycles. The number of hydrogen-bond acceptors (Lipinski definition) is 5. The summed E-state index contributed by atoms with van der Waals surface area (Å²) in [7, 11) is 0. The first-order valence-corrected chi connectivity index (χ1v) is 60.0. The van der Waals surface area contributed by atoms with Crippen LogP contribution in [0.4, 0.5) is 0 Å². The lowest BCUT2D eigenvalue weighted by Crippen LogP contribution is -2.31. The molecular weight excluding hydrogens is 1670 g/mol. The Morgan fingerprint density at radius 1 is 0.172 bits per heavy atom. The van der Waals surface area contributed by atoms with Gasteiger partial charge in [-0.05, 0) is 112 Å². The minimum atomic E-state index is -0.0112. The average Bonchev–Trinajstić information content (AvgIpc) is 1.56. The fourth-order valence-corrected chi connectivity index (χ4v) is 25.7. The number of rotatable bonds is 97. The smallest absolute Gasteiger partial charge is 0.263 e. The lowest BCUT2D eigenvalue weighted by Gasteiger charge is -2.15. The third kappa shape index (κ3) is 56.8. The molecule has 8 heteroatoms. The molecule has 3 aromatic rings. The number of fused-ring (bicyclic) bond motifs is 1. The fourth-order valence-electron chi connectivity index (χ4n) is 20.0. The molecule has 0 N–H and O–H groups in total. The zero-order valence-corrected chi connectivity index (χ0v) is 88.0. The van der Waals surface area contributed by atoms with Crippen LogP contribution in [0.1, 0.15) is 655 Å². The standard InChI is InChI=1S/C114H205Br2NO2S3/c1-6-11-16-21-26-31-36-41-46-51-56-61-66-71-76-81-86-91-96-101-103(98-93-88-83-78-73-68-63-58-53-48-43-38-33-28-23-18-13-8-3)111(115)121-107(101)109-105-106(114(119)117(113(105)118)100-95-90-85-80-75-70-65-60-55-50-45-40-35-30-25-20-15-10-5)110(120-109)108-102(97-92-87-82-77-72-67-62-57-52-47-42-37-32-27-22-17-12-7-2)104(112(116)122-108)99-94-89-84-79-74-69-64-59-54-49-44-39-34-29-24-19-14-9-4/h6-100H2,1-5H3. The summed E-state index contributed by atoms with van der Waals surface area (Å²) in [5.74, 6) is -0.0225. The first-order chi connectivity index (χ1) is 60.3. The van der Waals surface area contributed by atoms with Gasteiger partial charge in [-0.2, -0.15) is 0 Å². The van der Waals surface area contributed by atoms with Gasteiger partial charge in [-0.3, -0.25) is 14.5 Å². The number of hydrogen-bond donors (Lipinski definition) is 0. The zero-order valence-electron chi connectivity index (χ0n) is 82.4. The van der Waals surface area contributed by atoms with Crippen molar-refractivity contribution < 1.29 is 9.59 Å². The van der Waals surface area contributed by atoms with Gasteiger partial charge in [0.05, 0.1) is 28.5 Å². The number of imide groups is 1. The molecule has 2 amide bonds. The number of unbranched alkanes of at least 4 members (excludes halogenated alkanes) is 85. The van der Waals surface area contributed by atoms with Gasteiger partial charge >= 0.3 is 0 Å². The number of thiophene rings is 3. The van der Waals surface area contributed by atoms with Crippen LogP contribution in [0.2, 0.25) is 0 Å². The third-order valence-corrected chi connectivity index (χ3v) is 33.8. The van der Waals surface area contributed by atoms with E-state index in [1.165, 1.54) is 605 Å². The summed E-state index contributed by atoms with van der Waals surface area (Å²) in [6.07, 6.45) is 128. The third-order valence-electron chi connectivity index (χ3n) is 28.2. The highest BCUT2D eigenvalue weighted by Crippen LogP contribution is 2.55. The second kappa shape index (κ2) is 84.5. The van der Waals surface area contributed by atoms with E-state index in [0.29, 0.717) is 6.54 Å². The van der Waals surface area contributed by atoms with Crippen LogP contribution < -0.4 is 0 Å².